The van der Waals surface area contributed by atoms with E-state index in [1.54, 1.807) is 0 Å². The van der Waals surface area contributed by atoms with Gasteiger partial charge in [0, 0.05) is 44.0 Å². The minimum atomic E-state index is 0.0282. The fourth-order valence-electron chi connectivity index (χ4n) is 4.18. The number of benzene rings is 3. The van der Waals surface area contributed by atoms with E-state index in [4.69, 9.17) is 0 Å². The van der Waals surface area contributed by atoms with Crippen LogP contribution in [0.5, 0.6) is 0 Å². The van der Waals surface area contributed by atoms with Crippen molar-refractivity contribution in [3.63, 3.8) is 0 Å². The zero-order chi connectivity index (χ0) is 21.3. The molecular weight excluding hydrogens is 382 g/mol. The first-order valence-corrected chi connectivity index (χ1v) is 11.2. The van der Waals surface area contributed by atoms with Gasteiger partial charge in [-0.2, -0.15) is 0 Å². The highest BCUT2D eigenvalue weighted by Crippen LogP contribution is 2.16. The number of carbonyl (C=O) groups is 1. The minimum Gasteiger partial charge on any atom is -0.369 e. The van der Waals surface area contributed by atoms with Gasteiger partial charge < -0.3 is 10.2 Å². The number of rotatable bonds is 8. The van der Waals surface area contributed by atoms with Crippen molar-refractivity contribution in [3.8, 4) is 0 Å². The molecule has 0 atom stereocenters. The SMILES string of the molecule is O=C(NCCCN1CCN(c2ccccc2)CC1)c1ccccc1Cc1ccccc1. The Kier molecular flexibility index (Phi) is 7.35. The van der Waals surface area contributed by atoms with Gasteiger partial charge in [-0.3, -0.25) is 9.69 Å². The number of hydrogen-bond donors (Lipinski definition) is 1. The van der Waals surface area contributed by atoms with Crippen LogP contribution in [0.3, 0.4) is 0 Å². The summed E-state index contributed by atoms with van der Waals surface area (Å²) in [5, 5.41) is 3.12. The van der Waals surface area contributed by atoms with Crippen molar-refractivity contribution < 1.29 is 4.79 Å². The van der Waals surface area contributed by atoms with Gasteiger partial charge in [0.1, 0.15) is 0 Å². The van der Waals surface area contributed by atoms with E-state index in [1.165, 1.54) is 11.3 Å². The van der Waals surface area contributed by atoms with Crippen LogP contribution in [0.1, 0.15) is 27.9 Å². The number of nitrogens with zero attached hydrogens (tertiary/aromatic N) is 2. The number of amides is 1. The molecule has 3 aromatic rings. The van der Waals surface area contributed by atoms with Gasteiger partial charge in [0.2, 0.25) is 0 Å². The Bertz CT molecular complexity index is 950. The quantitative estimate of drug-likeness (QED) is 0.562. The average Bonchev–Trinajstić information content (AvgIpc) is 2.84. The molecule has 1 saturated heterocycles. The summed E-state index contributed by atoms with van der Waals surface area (Å²) in [6.45, 7) is 5.99. The lowest BCUT2D eigenvalue weighted by atomic mass is 9.99. The standard InChI is InChI=1S/C27H31N3O/c31-27(26-15-8-7-12-24(26)22-23-10-3-1-4-11-23)28-16-9-17-29-18-20-30(21-19-29)25-13-5-2-6-14-25/h1-8,10-15H,9,16-22H2,(H,28,31). The first kappa shape index (κ1) is 21.1. The number of piperazine rings is 1. The van der Waals surface area contributed by atoms with E-state index in [0.717, 1.165) is 56.7 Å². The van der Waals surface area contributed by atoms with Crippen LogP contribution in [-0.2, 0) is 6.42 Å². The van der Waals surface area contributed by atoms with Gasteiger partial charge in [-0.15, -0.1) is 0 Å². The van der Waals surface area contributed by atoms with E-state index < -0.39 is 0 Å². The van der Waals surface area contributed by atoms with Gasteiger partial charge in [-0.05, 0) is 48.7 Å². The lowest BCUT2D eigenvalue weighted by Gasteiger charge is -2.36. The molecule has 0 saturated carbocycles. The predicted octanol–water partition coefficient (Wildman–Crippen LogP) is 4.22. The molecule has 1 N–H and O–H groups in total. The molecule has 31 heavy (non-hydrogen) atoms. The van der Waals surface area contributed by atoms with E-state index >= 15 is 0 Å². The van der Waals surface area contributed by atoms with Crippen LogP contribution in [0.2, 0.25) is 0 Å². The molecule has 1 aliphatic heterocycles. The van der Waals surface area contributed by atoms with Crippen molar-refractivity contribution in [1.82, 2.24) is 10.2 Å². The van der Waals surface area contributed by atoms with E-state index in [0.29, 0.717) is 6.54 Å². The van der Waals surface area contributed by atoms with Gasteiger partial charge >= 0.3 is 0 Å². The smallest absolute Gasteiger partial charge is 0.251 e. The predicted molar refractivity (Wildman–Crippen MR) is 128 cm³/mol. The van der Waals surface area contributed by atoms with Gasteiger partial charge in [0.15, 0.2) is 0 Å². The molecule has 4 heteroatoms. The molecule has 1 amide bonds. The number of hydrogen-bond acceptors (Lipinski definition) is 3. The molecule has 4 nitrogen and oxygen atoms in total. The number of para-hydroxylation sites is 1. The van der Waals surface area contributed by atoms with E-state index in [-0.39, 0.29) is 5.91 Å². The maximum absolute atomic E-state index is 12.8. The van der Waals surface area contributed by atoms with Gasteiger partial charge in [-0.1, -0.05) is 66.7 Å². The summed E-state index contributed by atoms with van der Waals surface area (Å²) < 4.78 is 0. The van der Waals surface area contributed by atoms with Crippen molar-refractivity contribution in [2.24, 2.45) is 0 Å². The van der Waals surface area contributed by atoms with Gasteiger partial charge in [0.05, 0.1) is 0 Å². The molecule has 0 bridgehead atoms. The minimum absolute atomic E-state index is 0.0282. The Hall–Kier alpha value is -3.11. The summed E-state index contributed by atoms with van der Waals surface area (Å²) in [5.74, 6) is 0.0282. The molecule has 0 aromatic heterocycles. The fraction of sp³-hybridized carbons (Fsp3) is 0.296. The Morgan fingerprint density at radius 1 is 0.774 bits per heavy atom. The Morgan fingerprint density at radius 3 is 2.16 bits per heavy atom. The summed E-state index contributed by atoms with van der Waals surface area (Å²) in [6.07, 6.45) is 1.74. The molecule has 4 rings (SSSR count). The lowest BCUT2D eigenvalue weighted by molar-refractivity contribution is 0.0950. The van der Waals surface area contributed by atoms with Crippen molar-refractivity contribution in [2.75, 3.05) is 44.2 Å². The second-order valence-corrected chi connectivity index (χ2v) is 8.09. The van der Waals surface area contributed by atoms with E-state index in [2.05, 4.69) is 57.6 Å². The molecule has 1 aliphatic rings. The Labute approximate surface area is 185 Å². The highest BCUT2D eigenvalue weighted by molar-refractivity contribution is 5.95. The molecule has 0 unspecified atom stereocenters. The van der Waals surface area contributed by atoms with Gasteiger partial charge in [-0.25, -0.2) is 0 Å². The molecule has 0 aliphatic carbocycles. The van der Waals surface area contributed by atoms with Crippen molar-refractivity contribution >= 4 is 11.6 Å². The second kappa shape index (κ2) is 10.8. The highest BCUT2D eigenvalue weighted by atomic mass is 16.1. The molecular formula is C27H31N3O. The number of carbonyl (C=O) groups excluding carboxylic acids is 1. The maximum atomic E-state index is 12.8. The second-order valence-electron chi connectivity index (χ2n) is 8.09. The normalized spacial score (nSPS) is 14.4. The van der Waals surface area contributed by atoms with Crippen molar-refractivity contribution in [3.05, 3.63) is 102 Å². The van der Waals surface area contributed by atoms with Crippen LogP contribution < -0.4 is 10.2 Å². The first-order valence-electron chi connectivity index (χ1n) is 11.2. The molecule has 3 aromatic carbocycles. The van der Waals surface area contributed by atoms with Crippen molar-refractivity contribution in [2.45, 2.75) is 12.8 Å². The summed E-state index contributed by atoms with van der Waals surface area (Å²) in [6, 6.07) is 28.8. The average molecular weight is 414 g/mol. The third kappa shape index (κ3) is 5.96. The molecule has 160 valence electrons. The molecule has 1 fully saturated rings. The van der Waals surface area contributed by atoms with Gasteiger partial charge in [0.25, 0.3) is 5.91 Å². The van der Waals surface area contributed by atoms with Crippen LogP contribution in [0.25, 0.3) is 0 Å². The number of nitrogens with one attached hydrogen (secondary N) is 1. The van der Waals surface area contributed by atoms with Crippen LogP contribution in [0.15, 0.2) is 84.9 Å². The Balaban J connectivity index is 1.21. The monoisotopic (exact) mass is 413 g/mol. The van der Waals surface area contributed by atoms with Crippen molar-refractivity contribution in [1.29, 1.82) is 0 Å². The lowest BCUT2D eigenvalue weighted by Crippen LogP contribution is -2.47. The van der Waals surface area contributed by atoms with E-state index in [1.807, 2.05) is 42.5 Å². The fourth-order valence-corrected chi connectivity index (χ4v) is 4.18. The Morgan fingerprint density at radius 2 is 1.42 bits per heavy atom. The maximum Gasteiger partial charge on any atom is 0.251 e. The zero-order valence-corrected chi connectivity index (χ0v) is 18.0. The largest absolute Gasteiger partial charge is 0.369 e. The molecule has 0 radical (unpaired) electrons. The van der Waals surface area contributed by atoms with E-state index in [9.17, 15) is 4.79 Å². The van der Waals surface area contributed by atoms with Crippen LogP contribution >= 0.6 is 0 Å². The molecule has 1 heterocycles. The number of anilines is 1. The summed E-state index contributed by atoms with van der Waals surface area (Å²) in [4.78, 5) is 17.7. The third-order valence-corrected chi connectivity index (χ3v) is 5.93. The van der Waals surface area contributed by atoms with Crippen LogP contribution in [-0.4, -0.2) is 50.1 Å². The van der Waals surface area contributed by atoms with Crippen LogP contribution in [0, 0.1) is 0 Å². The first-order chi connectivity index (χ1) is 15.3. The zero-order valence-electron chi connectivity index (χ0n) is 18.0. The summed E-state index contributed by atoms with van der Waals surface area (Å²) in [5.41, 5.74) is 4.38. The molecule has 0 spiro atoms. The summed E-state index contributed by atoms with van der Waals surface area (Å²) >= 11 is 0. The topological polar surface area (TPSA) is 35.6 Å². The van der Waals surface area contributed by atoms with Crippen LogP contribution in [0.4, 0.5) is 5.69 Å². The third-order valence-electron chi connectivity index (χ3n) is 5.93. The highest BCUT2D eigenvalue weighted by Gasteiger charge is 2.17. The summed E-state index contributed by atoms with van der Waals surface area (Å²) in [7, 11) is 0.